The normalized spacial score (nSPS) is 16.7. The van der Waals surface area contributed by atoms with Gasteiger partial charge in [0.2, 0.25) is 0 Å². The van der Waals surface area contributed by atoms with Gasteiger partial charge >= 0.3 is 0 Å². The molecule has 0 spiro atoms. The first-order chi connectivity index (χ1) is 10.3. The van der Waals surface area contributed by atoms with E-state index in [-0.39, 0.29) is 0 Å². The van der Waals surface area contributed by atoms with Gasteiger partial charge in [-0.15, -0.1) is 0 Å². The van der Waals surface area contributed by atoms with Crippen LogP contribution >= 0.6 is 0 Å². The Morgan fingerprint density at radius 1 is 1.29 bits per heavy atom. The molecule has 0 saturated carbocycles. The molecule has 7 heteroatoms. The number of nitrogens with one attached hydrogen (secondary N) is 1. The Morgan fingerprint density at radius 3 is 2.90 bits per heavy atom. The number of rotatable bonds is 2. The number of hydrogen-bond donors (Lipinski definition) is 1. The first kappa shape index (κ1) is 12.3. The number of aromatic amines is 1. The molecule has 1 saturated heterocycles. The summed E-state index contributed by atoms with van der Waals surface area (Å²) in [7, 11) is 0. The third-order valence-electron chi connectivity index (χ3n) is 4.14. The molecule has 1 fully saturated rings. The van der Waals surface area contributed by atoms with Crippen molar-refractivity contribution in [2.24, 2.45) is 0 Å². The van der Waals surface area contributed by atoms with E-state index in [2.05, 4.69) is 42.3 Å². The van der Waals surface area contributed by atoms with Crippen molar-refractivity contribution in [3.8, 4) is 0 Å². The predicted octanol–water partition coefficient (Wildman–Crippen LogP) is 1.54. The summed E-state index contributed by atoms with van der Waals surface area (Å²) < 4.78 is 1.82. The van der Waals surface area contributed by atoms with Gasteiger partial charge in [0.05, 0.1) is 0 Å². The van der Waals surface area contributed by atoms with E-state index in [0.29, 0.717) is 11.7 Å². The zero-order valence-corrected chi connectivity index (χ0v) is 11.9. The van der Waals surface area contributed by atoms with Gasteiger partial charge in [-0.2, -0.15) is 19.7 Å². The van der Waals surface area contributed by atoms with Gasteiger partial charge < -0.3 is 4.90 Å². The average Bonchev–Trinajstić information content (AvgIpc) is 3.17. The molecule has 0 bridgehead atoms. The number of H-pyrrole nitrogens is 1. The summed E-state index contributed by atoms with van der Waals surface area (Å²) in [6.45, 7) is 4.00. The second-order valence-electron chi connectivity index (χ2n) is 5.50. The molecular weight excluding hydrogens is 266 g/mol. The highest BCUT2D eigenvalue weighted by atomic mass is 15.4. The standard InChI is InChI=1S/C14H17N7/c1-10-8-13(21-14(18-10)15-9-17-21)20-6-3-11(4-7-20)12-2-5-16-19-12/h2,5,8-9,11H,3-4,6-7H2,1H3,(H,16,19). The summed E-state index contributed by atoms with van der Waals surface area (Å²) in [4.78, 5) is 11.0. The van der Waals surface area contributed by atoms with Gasteiger partial charge in [0.1, 0.15) is 12.1 Å². The van der Waals surface area contributed by atoms with Crippen LogP contribution in [-0.4, -0.2) is 42.9 Å². The highest BCUT2D eigenvalue weighted by molar-refractivity contribution is 5.47. The smallest absolute Gasteiger partial charge is 0.254 e. The maximum Gasteiger partial charge on any atom is 0.254 e. The van der Waals surface area contributed by atoms with Gasteiger partial charge in [0.15, 0.2) is 0 Å². The minimum Gasteiger partial charge on any atom is -0.356 e. The third-order valence-corrected chi connectivity index (χ3v) is 4.14. The van der Waals surface area contributed by atoms with Crippen LogP contribution in [0.4, 0.5) is 5.82 Å². The van der Waals surface area contributed by atoms with Crippen LogP contribution in [0.2, 0.25) is 0 Å². The summed E-state index contributed by atoms with van der Waals surface area (Å²) >= 11 is 0. The van der Waals surface area contributed by atoms with Gasteiger partial charge in [-0.05, 0) is 25.8 Å². The summed E-state index contributed by atoms with van der Waals surface area (Å²) in [5, 5.41) is 11.4. The maximum absolute atomic E-state index is 4.40. The summed E-state index contributed by atoms with van der Waals surface area (Å²) in [6.07, 6.45) is 5.61. The van der Waals surface area contributed by atoms with E-state index in [1.807, 2.05) is 17.6 Å². The van der Waals surface area contributed by atoms with Gasteiger partial charge in [-0.25, -0.2) is 4.98 Å². The molecule has 0 amide bonds. The van der Waals surface area contributed by atoms with Crippen molar-refractivity contribution in [2.45, 2.75) is 25.7 Å². The Hall–Kier alpha value is -2.44. The molecule has 1 aliphatic heterocycles. The third kappa shape index (κ3) is 2.14. The molecule has 3 aromatic rings. The van der Waals surface area contributed by atoms with E-state index in [4.69, 9.17) is 0 Å². The van der Waals surface area contributed by atoms with Crippen LogP contribution in [0.5, 0.6) is 0 Å². The molecule has 3 aromatic heterocycles. The van der Waals surface area contributed by atoms with Crippen LogP contribution in [-0.2, 0) is 0 Å². The monoisotopic (exact) mass is 283 g/mol. The summed E-state index contributed by atoms with van der Waals surface area (Å²) in [6, 6.07) is 4.16. The summed E-state index contributed by atoms with van der Waals surface area (Å²) in [5.41, 5.74) is 2.22. The first-order valence-corrected chi connectivity index (χ1v) is 7.23. The van der Waals surface area contributed by atoms with Crippen molar-refractivity contribution in [3.05, 3.63) is 36.0 Å². The number of aryl methyl sites for hydroxylation is 1. The van der Waals surface area contributed by atoms with Crippen LogP contribution in [0.3, 0.4) is 0 Å². The number of anilines is 1. The highest BCUT2D eigenvalue weighted by Gasteiger charge is 2.23. The average molecular weight is 283 g/mol. The number of aromatic nitrogens is 6. The minimum atomic E-state index is 0.568. The molecule has 1 N–H and O–H groups in total. The minimum absolute atomic E-state index is 0.568. The Balaban J connectivity index is 1.59. The molecule has 7 nitrogen and oxygen atoms in total. The zero-order valence-electron chi connectivity index (χ0n) is 11.9. The molecule has 0 atom stereocenters. The summed E-state index contributed by atoms with van der Waals surface area (Å²) in [5.74, 6) is 2.32. The van der Waals surface area contributed by atoms with Gasteiger partial charge in [-0.1, -0.05) is 0 Å². The second-order valence-corrected chi connectivity index (χ2v) is 5.50. The fourth-order valence-electron chi connectivity index (χ4n) is 3.05. The lowest BCUT2D eigenvalue weighted by molar-refractivity contribution is 0.490. The SMILES string of the molecule is Cc1cc(N2CCC(c3ccn[nH]3)CC2)n2ncnc2n1. The molecule has 4 heterocycles. The molecule has 0 radical (unpaired) electrons. The molecular formula is C14H17N7. The lowest BCUT2D eigenvalue weighted by Crippen LogP contribution is -2.34. The van der Waals surface area contributed by atoms with Crippen LogP contribution in [0.25, 0.3) is 5.78 Å². The van der Waals surface area contributed by atoms with E-state index >= 15 is 0 Å². The zero-order chi connectivity index (χ0) is 14.2. The van der Waals surface area contributed by atoms with Crippen molar-refractivity contribution >= 4 is 11.6 Å². The van der Waals surface area contributed by atoms with Crippen LogP contribution in [0.15, 0.2) is 24.7 Å². The van der Waals surface area contributed by atoms with Gasteiger partial charge in [-0.3, -0.25) is 5.10 Å². The molecule has 0 unspecified atom stereocenters. The van der Waals surface area contributed by atoms with Crippen molar-refractivity contribution in [1.82, 2.24) is 29.8 Å². The van der Waals surface area contributed by atoms with Crippen LogP contribution in [0, 0.1) is 6.92 Å². The molecule has 4 rings (SSSR count). The predicted molar refractivity (Wildman–Crippen MR) is 78.3 cm³/mol. The molecule has 1 aliphatic rings. The van der Waals surface area contributed by atoms with Crippen molar-refractivity contribution in [2.75, 3.05) is 18.0 Å². The lowest BCUT2D eigenvalue weighted by Gasteiger charge is -2.33. The molecule has 108 valence electrons. The molecule has 0 aromatic carbocycles. The fraction of sp³-hybridized carbons (Fsp3) is 0.429. The largest absolute Gasteiger partial charge is 0.356 e. The van der Waals surface area contributed by atoms with E-state index in [9.17, 15) is 0 Å². The fourth-order valence-corrected chi connectivity index (χ4v) is 3.05. The Labute approximate surface area is 122 Å². The molecule has 21 heavy (non-hydrogen) atoms. The topological polar surface area (TPSA) is 75.0 Å². The quantitative estimate of drug-likeness (QED) is 0.772. The van der Waals surface area contributed by atoms with E-state index in [1.165, 1.54) is 5.69 Å². The number of fused-ring (bicyclic) bond motifs is 1. The van der Waals surface area contributed by atoms with E-state index < -0.39 is 0 Å². The lowest BCUT2D eigenvalue weighted by atomic mass is 9.94. The maximum atomic E-state index is 4.40. The van der Waals surface area contributed by atoms with Crippen LogP contribution < -0.4 is 4.90 Å². The Morgan fingerprint density at radius 2 is 2.14 bits per heavy atom. The molecule has 0 aliphatic carbocycles. The van der Waals surface area contributed by atoms with E-state index in [1.54, 1.807) is 6.33 Å². The highest BCUT2D eigenvalue weighted by Crippen LogP contribution is 2.29. The van der Waals surface area contributed by atoms with Gasteiger partial charge in [0, 0.05) is 42.7 Å². The second kappa shape index (κ2) is 4.83. The number of nitrogens with zero attached hydrogens (tertiary/aromatic N) is 6. The van der Waals surface area contributed by atoms with Gasteiger partial charge in [0.25, 0.3) is 5.78 Å². The van der Waals surface area contributed by atoms with E-state index in [0.717, 1.165) is 37.4 Å². The van der Waals surface area contributed by atoms with Crippen molar-refractivity contribution in [3.63, 3.8) is 0 Å². The van der Waals surface area contributed by atoms with Crippen molar-refractivity contribution < 1.29 is 0 Å². The first-order valence-electron chi connectivity index (χ1n) is 7.23. The van der Waals surface area contributed by atoms with Crippen molar-refractivity contribution in [1.29, 1.82) is 0 Å². The Kier molecular flexibility index (Phi) is 2.83. The Bertz CT molecular complexity index is 738. The van der Waals surface area contributed by atoms with Crippen LogP contribution in [0.1, 0.15) is 30.1 Å². The number of hydrogen-bond acceptors (Lipinski definition) is 5. The number of piperidine rings is 1.